The molecule has 0 radical (unpaired) electrons. The summed E-state index contributed by atoms with van der Waals surface area (Å²) in [4.78, 5) is 0. The van der Waals surface area contributed by atoms with Crippen LogP contribution in [0.25, 0.3) is 0 Å². The largest absolute Gasteiger partial charge is 0.497 e. The highest BCUT2D eigenvalue weighted by Crippen LogP contribution is 2.15. The number of hydrogen-bond donors (Lipinski definition) is 1. The molecule has 0 saturated carbocycles. The van der Waals surface area contributed by atoms with E-state index in [1.165, 1.54) is 11.1 Å². The molecule has 0 unspecified atom stereocenters. The SMILES string of the molecule is COc1cccc(CNc2ccc(C)cc2)c1. The summed E-state index contributed by atoms with van der Waals surface area (Å²) in [5.41, 5.74) is 3.63. The van der Waals surface area contributed by atoms with Crippen LogP contribution in [0.1, 0.15) is 11.1 Å². The molecule has 0 aliphatic carbocycles. The second-order valence-corrected chi connectivity index (χ2v) is 4.07. The van der Waals surface area contributed by atoms with Crippen LogP contribution >= 0.6 is 0 Å². The maximum Gasteiger partial charge on any atom is 0.119 e. The third kappa shape index (κ3) is 3.25. The Morgan fingerprint density at radius 1 is 1.06 bits per heavy atom. The van der Waals surface area contributed by atoms with E-state index in [4.69, 9.17) is 4.74 Å². The molecule has 2 aromatic carbocycles. The average Bonchev–Trinajstić information content (AvgIpc) is 2.38. The molecule has 2 aromatic rings. The minimum absolute atomic E-state index is 0.806. The summed E-state index contributed by atoms with van der Waals surface area (Å²) in [7, 11) is 1.69. The molecule has 0 saturated heterocycles. The molecule has 0 atom stereocenters. The predicted octanol–water partition coefficient (Wildman–Crippen LogP) is 3.62. The van der Waals surface area contributed by atoms with Gasteiger partial charge in [0.25, 0.3) is 0 Å². The van der Waals surface area contributed by atoms with E-state index >= 15 is 0 Å². The lowest BCUT2D eigenvalue weighted by Crippen LogP contribution is -1.99. The van der Waals surface area contributed by atoms with Crippen molar-refractivity contribution in [1.82, 2.24) is 0 Å². The molecule has 1 N–H and O–H groups in total. The average molecular weight is 227 g/mol. The van der Waals surface area contributed by atoms with Crippen molar-refractivity contribution in [2.75, 3.05) is 12.4 Å². The molecule has 0 bridgehead atoms. The zero-order chi connectivity index (χ0) is 12.1. The molecule has 88 valence electrons. The van der Waals surface area contributed by atoms with Crippen LogP contribution in [-0.4, -0.2) is 7.11 Å². The summed E-state index contributed by atoms with van der Waals surface area (Å²) >= 11 is 0. The number of anilines is 1. The van der Waals surface area contributed by atoms with Crippen molar-refractivity contribution in [3.05, 3.63) is 59.7 Å². The Labute approximate surface area is 102 Å². The van der Waals surface area contributed by atoms with E-state index in [0.29, 0.717) is 0 Å². The lowest BCUT2D eigenvalue weighted by Gasteiger charge is -2.08. The number of methoxy groups -OCH3 is 1. The molecule has 2 heteroatoms. The molecule has 0 spiro atoms. The molecular weight excluding hydrogens is 210 g/mol. The first-order valence-electron chi connectivity index (χ1n) is 5.71. The monoisotopic (exact) mass is 227 g/mol. The van der Waals surface area contributed by atoms with Gasteiger partial charge in [0.2, 0.25) is 0 Å². The second-order valence-electron chi connectivity index (χ2n) is 4.07. The van der Waals surface area contributed by atoms with Gasteiger partial charge in [-0.05, 0) is 36.8 Å². The van der Waals surface area contributed by atoms with Crippen LogP contribution in [-0.2, 0) is 6.54 Å². The lowest BCUT2D eigenvalue weighted by atomic mass is 10.2. The fourth-order valence-corrected chi connectivity index (χ4v) is 1.66. The molecule has 0 amide bonds. The van der Waals surface area contributed by atoms with Crippen molar-refractivity contribution >= 4 is 5.69 Å². The number of hydrogen-bond acceptors (Lipinski definition) is 2. The van der Waals surface area contributed by atoms with Gasteiger partial charge in [0.05, 0.1) is 7.11 Å². The Morgan fingerprint density at radius 2 is 1.82 bits per heavy atom. The maximum absolute atomic E-state index is 5.19. The summed E-state index contributed by atoms with van der Waals surface area (Å²) < 4.78 is 5.19. The first kappa shape index (κ1) is 11.5. The molecule has 0 aliphatic rings. The van der Waals surface area contributed by atoms with E-state index < -0.39 is 0 Å². The predicted molar refractivity (Wildman–Crippen MR) is 71.5 cm³/mol. The Morgan fingerprint density at radius 3 is 2.53 bits per heavy atom. The second kappa shape index (κ2) is 5.39. The molecule has 0 heterocycles. The molecule has 2 rings (SSSR count). The molecule has 0 aromatic heterocycles. The van der Waals surface area contributed by atoms with E-state index in [1.807, 2.05) is 18.2 Å². The molecule has 17 heavy (non-hydrogen) atoms. The summed E-state index contributed by atoms with van der Waals surface area (Å²) in [6.07, 6.45) is 0. The zero-order valence-electron chi connectivity index (χ0n) is 10.2. The highest BCUT2D eigenvalue weighted by atomic mass is 16.5. The van der Waals surface area contributed by atoms with Gasteiger partial charge in [-0.25, -0.2) is 0 Å². The van der Waals surface area contributed by atoms with Crippen molar-refractivity contribution in [2.24, 2.45) is 0 Å². The zero-order valence-corrected chi connectivity index (χ0v) is 10.2. The maximum atomic E-state index is 5.19. The first-order chi connectivity index (χ1) is 8.28. The van der Waals surface area contributed by atoms with Crippen molar-refractivity contribution in [3.8, 4) is 5.75 Å². The van der Waals surface area contributed by atoms with Crippen LogP contribution in [0.2, 0.25) is 0 Å². The fourth-order valence-electron chi connectivity index (χ4n) is 1.66. The minimum atomic E-state index is 0.806. The van der Waals surface area contributed by atoms with E-state index in [1.54, 1.807) is 7.11 Å². The highest BCUT2D eigenvalue weighted by Gasteiger charge is 1.96. The number of nitrogens with one attached hydrogen (secondary N) is 1. The first-order valence-corrected chi connectivity index (χ1v) is 5.71. The van der Waals surface area contributed by atoms with E-state index in [9.17, 15) is 0 Å². The van der Waals surface area contributed by atoms with Crippen LogP contribution in [0.3, 0.4) is 0 Å². The Kier molecular flexibility index (Phi) is 3.66. The van der Waals surface area contributed by atoms with Gasteiger partial charge in [-0.1, -0.05) is 29.8 Å². The van der Waals surface area contributed by atoms with Gasteiger partial charge in [0.1, 0.15) is 5.75 Å². The van der Waals surface area contributed by atoms with Gasteiger partial charge in [-0.2, -0.15) is 0 Å². The van der Waals surface area contributed by atoms with Gasteiger partial charge < -0.3 is 10.1 Å². The van der Waals surface area contributed by atoms with E-state index in [2.05, 4.69) is 42.6 Å². The molecule has 0 fully saturated rings. The summed E-state index contributed by atoms with van der Waals surface area (Å²) in [6, 6.07) is 16.5. The van der Waals surface area contributed by atoms with Crippen molar-refractivity contribution < 1.29 is 4.74 Å². The van der Waals surface area contributed by atoms with Crippen LogP contribution in [0.4, 0.5) is 5.69 Å². The quantitative estimate of drug-likeness (QED) is 0.861. The Balaban J connectivity index is 1.99. The normalized spacial score (nSPS) is 10.0. The topological polar surface area (TPSA) is 21.3 Å². The van der Waals surface area contributed by atoms with Gasteiger partial charge in [0, 0.05) is 12.2 Å². The Bertz CT molecular complexity index is 477. The van der Waals surface area contributed by atoms with Crippen LogP contribution < -0.4 is 10.1 Å². The molecular formula is C15H17NO. The summed E-state index contributed by atoms with van der Waals surface area (Å²) in [6.45, 7) is 2.89. The van der Waals surface area contributed by atoms with E-state index in [-0.39, 0.29) is 0 Å². The standard InChI is InChI=1S/C15H17NO/c1-12-6-8-14(9-7-12)16-11-13-4-3-5-15(10-13)17-2/h3-10,16H,11H2,1-2H3. The van der Waals surface area contributed by atoms with Crippen LogP contribution in [0.15, 0.2) is 48.5 Å². The highest BCUT2D eigenvalue weighted by molar-refractivity contribution is 5.45. The summed E-state index contributed by atoms with van der Waals surface area (Å²) in [5.74, 6) is 0.896. The van der Waals surface area contributed by atoms with Gasteiger partial charge in [-0.15, -0.1) is 0 Å². The van der Waals surface area contributed by atoms with Crippen molar-refractivity contribution in [3.63, 3.8) is 0 Å². The smallest absolute Gasteiger partial charge is 0.119 e. The number of aryl methyl sites for hydroxylation is 1. The van der Waals surface area contributed by atoms with Crippen molar-refractivity contribution in [1.29, 1.82) is 0 Å². The third-order valence-electron chi connectivity index (χ3n) is 2.68. The van der Waals surface area contributed by atoms with Gasteiger partial charge in [-0.3, -0.25) is 0 Å². The summed E-state index contributed by atoms with van der Waals surface area (Å²) in [5, 5.41) is 3.38. The van der Waals surface area contributed by atoms with Gasteiger partial charge >= 0.3 is 0 Å². The number of rotatable bonds is 4. The Hall–Kier alpha value is -1.96. The van der Waals surface area contributed by atoms with Crippen LogP contribution in [0.5, 0.6) is 5.75 Å². The fraction of sp³-hybridized carbons (Fsp3) is 0.200. The van der Waals surface area contributed by atoms with E-state index in [0.717, 1.165) is 18.0 Å². The minimum Gasteiger partial charge on any atom is -0.497 e. The number of ether oxygens (including phenoxy) is 1. The molecule has 2 nitrogen and oxygen atoms in total. The van der Waals surface area contributed by atoms with Gasteiger partial charge in [0.15, 0.2) is 0 Å². The third-order valence-corrected chi connectivity index (χ3v) is 2.68. The number of benzene rings is 2. The van der Waals surface area contributed by atoms with Crippen molar-refractivity contribution in [2.45, 2.75) is 13.5 Å². The lowest BCUT2D eigenvalue weighted by molar-refractivity contribution is 0.414. The molecule has 0 aliphatic heterocycles. The van der Waals surface area contributed by atoms with Crippen LogP contribution in [0, 0.1) is 6.92 Å².